The number of amides is 3. The molecule has 1 atom stereocenters. The molecule has 12 nitrogen and oxygen atoms in total. The van der Waals surface area contributed by atoms with E-state index in [0.29, 0.717) is 57.4 Å². The third-order valence-electron chi connectivity index (χ3n) is 11.6. The van der Waals surface area contributed by atoms with Crippen molar-refractivity contribution in [2.75, 3.05) is 39.3 Å². The summed E-state index contributed by atoms with van der Waals surface area (Å²) >= 11 is 0. The number of aromatic amines is 3. The molecule has 5 aromatic rings. The fourth-order valence-corrected chi connectivity index (χ4v) is 8.68. The van der Waals surface area contributed by atoms with E-state index in [1.807, 2.05) is 54.5 Å². The number of aromatic nitrogens is 5. The van der Waals surface area contributed by atoms with Crippen LogP contribution in [0.4, 0.5) is 4.79 Å². The van der Waals surface area contributed by atoms with Gasteiger partial charge >= 0.3 is 6.03 Å². The van der Waals surface area contributed by atoms with Crippen molar-refractivity contribution in [3.05, 3.63) is 93.9 Å². The van der Waals surface area contributed by atoms with E-state index in [1.54, 1.807) is 11.1 Å². The number of imidazole rings is 1. The lowest BCUT2D eigenvalue weighted by atomic mass is 9.89. The standard InChI is InChI=1S/C39H47N9O3/c1-25-20-26(21-30-24-42-45-35(25)30)22-34(38(50)47-18-10-31(11-19-47)46-14-8-28(9-15-46)36-40-12-13-41-36)44-39(51)48-16-6-27(7-17-48)32-23-29-4-2-3-5-33(29)43-37(32)49/h2-5,12-13,20-21,23-24,27-28,31,34H,6-11,14-19,22H2,1H3,(H,40,41)(H,42,45)(H,43,49)(H,44,51)/t34-/m1/s1. The Kier molecular flexibility index (Phi) is 9.33. The summed E-state index contributed by atoms with van der Waals surface area (Å²) in [5.41, 5.74) is 4.57. The first-order chi connectivity index (χ1) is 24.9. The zero-order chi connectivity index (χ0) is 34.9. The highest BCUT2D eigenvalue weighted by Gasteiger charge is 2.35. The highest BCUT2D eigenvalue weighted by atomic mass is 16.2. The van der Waals surface area contributed by atoms with Crippen molar-refractivity contribution < 1.29 is 9.59 Å². The van der Waals surface area contributed by atoms with Crippen LogP contribution in [0.25, 0.3) is 21.8 Å². The monoisotopic (exact) mass is 689 g/mol. The summed E-state index contributed by atoms with van der Waals surface area (Å²) in [6.07, 6.45) is 11.4. The van der Waals surface area contributed by atoms with Crippen LogP contribution < -0.4 is 10.9 Å². The van der Waals surface area contributed by atoms with Gasteiger partial charge in [-0.2, -0.15) is 5.10 Å². The lowest BCUT2D eigenvalue weighted by molar-refractivity contribution is -0.135. The number of nitrogens with zero attached hydrogens (tertiary/aromatic N) is 5. The Bertz CT molecular complexity index is 2050. The number of carbonyl (C=O) groups is 2. The fraction of sp³-hybridized carbons (Fsp3) is 0.462. The molecule has 3 fully saturated rings. The molecule has 266 valence electrons. The number of benzene rings is 2. The lowest BCUT2D eigenvalue weighted by Crippen LogP contribution is -2.56. The van der Waals surface area contributed by atoms with Gasteiger partial charge in [-0.3, -0.25) is 14.7 Å². The van der Waals surface area contributed by atoms with Gasteiger partial charge in [0.15, 0.2) is 0 Å². The number of urea groups is 1. The van der Waals surface area contributed by atoms with Crippen LogP contribution in [0.1, 0.15) is 72.9 Å². The maximum atomic E-state index is 14.3. The molecule has 3 aliphatic rings. The van der Waals surface area contributed by atoms with Crippen molar-refractivity contribution in [3.8, 4) is 0 Å². The average Bonchev–Trinajstić information content (AvgIpc) is 3.88. The number of aryl methyl sites for hydroxylation is 1. The number of piperidine rings is 3. The lowest BCUT2D eigenvalue weighted by Gasteiger charge is -2.42. The Labute approximate surface area is 297 Å². The first-order valence-electron chi connectivity index (χ1n) is 18.5. The van der Waals surface area contributed by atoms with Crippen LogP contribution >= 0.6 is 0 Å². The predicted octanol–water partition coefficient (Wildman–Crippen LogP) is 4.81. The Morgan fingerprint density at radius 2 is 1.65 bits per heavy atom. The minimum atomic E-state index is -0.692. The quantitative estimate of drug-likeness (QED) is 0.193. The van der Waals surface area contributed by atoms with E-state index in [9.17, 15) is 14.4 Å². The molecule has 3 saturated heterocycles. The number of H-pyrrole nitrogens is 3. The van der Waals surface area contributed by atoms with Gasteiger partial charge in [0.1, 0.15) is 11.9 Å². The minimum Gasteiger partial charge on any atom is -0.348 e. The van der Waals surface area contributed by atoms with Gasteiger partial charge in [0.2, 0.25) is 5.91 Å². The van der Waals surface area contributed by atoms with Crippen LogP contribution in [0.15, 0.2) is 65.8 Å². The van der Waals surface area contributed by atoms with Gasteiger partial charge in [0.25, 0.3) is 5.56 Å². The Hall–Kier alpha value is -4.97. The average molecular weight is 690 g/mol. The summed E-state index contributed by atoms with van der Waals surface area (Å²) < 4.78 is 0. The summed E-state index contributed by atoms with van der Waals surface area (Å²) in [6.45, 7) is 6.53. The minimum absolute atomic E-state index is 0.0270. The smallest absolute Gasteiger partial charge is 0.318 e. The molecule has 0 bridgehead atoms. The maximum Gasteiger partial charge on any atom is 0.318 e. The Morgan fingerprint density at radius 3 is 2.41 bits per heavy atom. The maximum absolute atomic E-state index is 14.3. The van der Waals surface area contributed by atoms with E-state index in [-0.39, 0.29) is 23.4 Å². The number of nitrogens with one attached hydrogen (secondary N) is 4. The molecular formula is C39H47N9O3. The first kappa shape index (κ1) is 33.2. The van der Waals surface area contributed by atoms with Crippen LogP contribution in [0.2, 0.25) is 0 Å². The number of para-hydroxylation sites is 1. The highest BCUT2D eigenvalue weighted by Crippen LogP contribution is 2.30. The molecule has 0 saturated carbocycles. The predicted molar refractivity (Wildman–Crippen MR) is 197 cm³/mol. The SMILES string of the molecule is Cc1cc(C[C@@H](NC(=O)N2CCC(c3cc4ccccc4[nH]c3=O)CC2)C(=O)N2CCC(N3CCC(c4ncc[nH]4)CC3)CC2)cc2cn[nH]c12. The zero-order valence-electron chi connectivity index (χ0n) is 29.2. The number of pyridine rings is 1. The molecule has 4 N–H and O–H groups in total. The summed E-state index contributed by atoms with van der Waals surface area (Å²) in [5.74, 6) is 1.62. The van der Waals surface area contributed by atoms with Crippen molar-refractivity contribution in [1.29, 1.82) is 0 Å². The van der Waals surface area contributed by atoms with Crippen molar-refractivity contribution >= 4 is 33.7 Å². The van der Waals surface area contributed by atoms with Gasteiger partial charge in [-0.15, -0.1) is 0 Å². The molecular weight excluding hydrogens is 642 g/mol. The molecule has 0 unspecified atom stereocenters. The zero-order valence-corrected chi connectivity index (χ0v) is 29.2. The second-order valence-corrected chi connectivity index (χ2v) is 14.7. The molecule has 0 spiro atoms. The van der Waals surface area contributed by atoms with Crippen LogP contribution in [0.5, 0.6) is 0 Å². The third-order valence-corrected chi connectivity index (χ3v) is 11.6. The molecule has 12 heteroatoms. The topological polar surface area (TPSA) is 146 Å². The number of likely N-dealkylation sites (tertiary alicyclic amines) is 3. The van der Waals surface area contributed by atoms with Crippen molar-refractivity contribution in [2.24, 2.45) is 0 Å². The molecule has 2 aromatic carbocycles. The second kappa shape index (κ2) is 14.3. The second-order valence-electron chi connectivity index (χ2n) is 14.7. The molecule has 0 radical (unpaired) electrons. The number of fused-ring (bicyclic) bond motifs is 2. The summed E-state index contributed by atoms with van der Waals surface area (Å²) in [4.78, 5) is 58.2. The first-order valence-corrected chi connectivity index (χ1v) is 18.5. The van der Waals surface area contributed by atoms with E-state index >= 15 is 0 Å². The molecule has 6 heterocycles. The summed E-state index contributed by atoms with van der Waals surface area (Å²) in [7, 11) is 0. The van der Waals surface area contributed by atoms with Gasteiger partial charge < -0.3 is 30.0 Å². The van der Waals surface area contributed by atoms with Crippen molar-refractivity contribution in [3.63, 3.8) is 0 Å². The van der Waals surface area contributed by atoms with E-state index in [1.165, 1.54) is 0 Å². The number of hydrogen-bond acceptors (Lipinski definition) is 6. The number of rotatable bonds is 7. The molecule has 3 aromatic heterocycles. The Balaban J connectivity index is 0.921. The van der Waals surface area contributed by atoms with Gasteiger partial charge in [0.05, 0.1) is 11.7 Å². The summed E-state index contributed by atoms with van der Waals surface area (Å²) in [6, 6.07) is 13.5. The number of hydrogen-bond donors (Lipinski definition) is 4. The molecule has 51 heavy (non-hydrogen) atoms. The Morgan fingerprint density at radius 1 is 0.902 bits per heavy atom. The van der Waals surface area contributed by atoms with E-state index in [0.717, 1.165) is 83.1 Å². The van der Waals surface area contributed by atoms with Crippen molar-refractivity contribution in [1.82, 2.24) is 45.2 Å². The normalized spacial score (nSPS) is 19.2. The molecule has 0 aliphatic carbocycles. The molecule has 3 amide bonds. The van der Waals surface area contributed by atoms with Crippen LogP contribution in [0, 0.1) is 6.92 Å². The van der Waals surface area contributed by atoms with Crippen molar-refractivity contribution in [2.45, 2.75) is 75.8 Å². The van der Waals surface area contributed by atoms with E-state index < -0.39 is 6.04 Å². The fourth-order valence-electron chi connectivity index (χ4n) is 8.68. The van der Waals surface area contributed by atoms with Gasteiger partial charge in [0, 0.05) is 73.4 Å². The number of carbonyl (C=O) groups excluding carboxylic acids is 2. The largest absolute Gasteiger partial charge is 0.348 e. The van der Waals surface area contributed by atoms with Gasteiger partial charge in [-0.1, -0.05) is 24.3 Å². The third kappa shape index (κ3) is 7.01. The van der Waals surface area contributed by atoms with E-state index in [4.69, 9.17) is 0 Å². The molecule has 8 rings (SSSR count). The van der Waals surface area contributed by atoms with E-state index in [2.05, 4.69) is 47.5 Å². The molecule has 3 aliphatic heterocycles. The van der Waals surface area contributed by atoms with Crippen LogP contribution in [-0.4, -0.2) is 103 Å². The van der Waals surface area contributed by atoms with Gasteiger partial charge in [-0.05, 0) is 99.2 Å². The summed E-state index contributed by atoms with van der Waals surface area (Å²) in [5, 5.41) is 12.4. The highest BCUT2D eigenvalue weighted by molar-refractivity contribution is 5.88. The van der Waals surface area contributed by atoms with Crippen LogP contribution in [0.3, 0.4) is 0 Å². The van der Waals surface area contributed by atoms with Gasteiger partial charge in [-0.25, -0.2) is 9.78 Å². The van der Waals surface area contributed by atoms with Crippen LogP contribution in [-0.2, 0) is 11.2 Å².